The van der Waals surface area contributed by atoms with Crippen LogP contribution in [-0.2, 0) is 20.4 Å². The van der Waals surface area contributed by atoms with E-state index >= 15 is 0 Å². The van der Waals surface area contributed by atoms with Crippen molar-refractivity contribution in [1.29, 1.82) is 0 Å². The van der Waals surface area contributed by atoms with E-state index in [0.29, 0.717) is 5.92 Å². The summed E-state index contributed by atoms with van der Waals surface area (Å²) in [4.78, 5) is 0. The molecule has 2 fully saturated rings. The van der Waals surface area contributed by atoms with Crippen molar-refractivity contribution in [3.05, 3.63) is 35.5 Å². The third-order valence-electron chi connectivity index (χ3n) is 6.00. The number of benzene rings is 1. The second kappa shape index (κ2) is 8.81. The molecule has 0 aliphatic heterocycles. The van der Waals surface area contributed by atoms with Crippen molar-refractivity contribution in [2.45, 2.75) is 82.4 Å². The van der Waals surface area contributed by atoms with E-state index in [1.54, 1.807) is 5.30 Å². The van der Waals surface area contributed by atoms with Crippen LogP contribution < -0.4 is 5.30 Å². The van der Waals surface area contributed by atoms with Crippen LogP contribution >= 0.6 is 18.9 Å². The summed E-state index contributed by atoms with van der Waals surface area (Å²) in [5, 5.41) is 1.60. The molecule has 0 heterocycles. The third kappa shape index (κ3) is 3.90. The van der Waals surface area contributed by atoms with Gasteiger partial charge in [0.15, 0.2) is 0 Å². The van der Waals surface area contributed by atoms with Gasteiger partial charge in [0.2, 0.25) is 0 Å². The fourth-order valence-corrected chi connectivity index (χ4v) is 11.0. The molecule has 0 spiro atoms. The molecule has 0 aromatic heterocycles. The van der Waals surface area contributed by atoms with E-state index in [1.165, 1.54) is 56.9 Å². The first-order valence-electron chi connectivity index (χ1n) is 9.11. The van der Waals surface area contributed by atoms with Crippen LogP contribution in [-0.4, -0.2) is 11.3 Å². The minimum Gasteiger partial charge on any atom is -0.304 e. The van der Waals surface area contributed by atoms with Crippen LogP contribution in [0, 0.1) is 5.62 Å². The van der Waals surface area contributed by atoms with Crippen molar-refractivity contribution in [2.75, 3.05) is 0 Å². The van der Waals surface area contributed by atoms with Gasteiger partial charge in [0, 0.05) is 31.7 Å². The Morgan fingerprint density at radius 2 is 1.52 bits per heavy atom. The van der Waals surface area contributed by atoms with Gasteiger partial charge in [-0.15, -0.1) is 0 Å². The summed E-state index contributed by atoms with van der Waals surface area (Å²) in [6.07, 6.45) is 11.3. The van der Waals surface area contributed by atoms with E-state index in [2.05, 4.69) is 43.7 Å². The number of rotatable bonds is 5. The molecule has 0 radical (unpaired) electrons. The van der Waals surface area contributed by atoms with Gasteiger partial charge in [-0.3, -0.25) is 0 Å². The first kappa shape index (κ1) is 19.9. The standard InChI is InChI=1S/C20H30ClP.Pd/c1-16(2)17-8-7-13-20(14-17)22(15-21,18-9-3-4-10-18)19-11-5-6-12-19;/h7-8,13-16,18-19H,3-6,9-12H2,1-2H3;. The zero-order valence-corrected chi connectivity index (χ0v) is 17.6. The van der Waals surface area contributed by atoms with Crippen LogP contribution in [0.2, 0.25) is 0 Å². The van der Waals surface area contributed by atoms with E-state index in [9.17, 15) is 0 Å². The van der Waals surface area contributed by atoms with Crippen molar-refractivity contribution < 1.29 is 20.4 Å². The molecule has 2 aliphatic carbocycles. The number of hydrogen-bond acceptors (Lipinski definition) is 0. The van der Waals surface area contributed by atoms with Gasteiger partial charge < -0.3 is 11.6 Å². The second-order valence-corrected chi connectivity index (χ2v) is 12.0. The maximum absolute atomic E-state index is 6.68. The second-order valence-electron chi connectivity index (χ2n) is 7.56. The first-order valence-corrected chi connectivity index (χ1v) is 11.5. The molecule has 0 N–H and O–H groups in total. The molecule has 132 valence electrons. The Hall–Kier alpha value is 0.602. The Kier molecular flexibility index (Phi) is 7.63. The molecule has 23 heavy (non-hydrogen) atoms. The summed E-state index contributed by atoms with van der Waals surface area (Å²) in [6.45, 7) is 4.60. The molecule has 2 aliphatic rings. The van der Waals surface area contributed by atoms with Crippen molar-refractivity contribution in [2.24, 2.45) is 0 Å². The molecule has 3 rings (SSSR count). The maximum atomic E-state index is 6.68. The van der Waals surface area contributed by atoms with Crippen molar-refractivity contribution in [3.8, 4) is 0 Å². The quantitative estimate of drug-likeness (QED) is 0.270. The zero-order chi connectivity index (χ0) is 15.6. The molecular weight excluding hydrogens is 413 g/mol. The first-order chi connectivity index (χ1) is 10.7. The topological polar surface area (TPSA) is 0 Å². The monoisotopic (exact) mass is 442 g/mol. The third-order valence-corrected chi connectivity index (χ3v) is 11.9. The van der Waals surface area contributed by atoms with E-state index in [1.807, 2.05) is 0 Å². The van der Waals surface area contributed by atoms with Gasteiger partial charge in [0.25, 0.3) is 0 Å². The van der Waals surface area contributed by atoms with Gasteiger partial charge in [0.05, 0.1) is 5.30 Å². The van der Waals surface area contributed by atoms with Gasteiger partial charge in [-0.1, -0.05) is 38.9 Å². The van der Waals surface area contributed by atoms with Crippen LogP contribution in [0.1, 0.15) is 76.7 Å². The summed E-state index contributed by atoms with van der Waals surface area (Å²) < 4.78 is 0. The predicted octanol–water partition coefficient (Wildman–Crippen LogP) is 6.69. The fraction of sp³-hybridized carbons (Fsp3) is 0.650. The Balaban J connectivity index is 0.00000192. The Morgan fingerprint density at radius 3 is 1.96 bits per heavy atom. The summed E-state index contributed by atoms with van der Waals surface area (Å²) in [7, 11) is -1.35. The SMILES string of the molecule is CC(C)c1cccc([P+]([CH-]Cl)(C2CCCC2)C2CCCC2)c1.[Pd]. The van der Waals surface area contributed by atoms with Gasteiger partial charge >= 0.3 is 0 Å². The number of hydrogen-bond donors (Lipinski definition) is 0. The fourth-order valence-electron chi connectivity index (χ4n) is 4.72. The Bertz CT molecular complexity index is 474. The number of halogens is 1. The molecule has 1 aromatic rings. The molecule has 0 atom stereocenters. The average Bonchev–Trinajstić information content (AvgIpc) is 3.23. The van der Waals surface area contributed by atoms with E-state index < -0.39 is 7.26 Å². The zero-order valence-electron chi connectivity index (χ0n) is 14.4. The predicted molar refractivity (Wildman–Crippen MR) is 102 cm³/mol. The van der Waals surface area contributed by atoms with Crippen molar-refractivity contribution in [3.63, 3.8) is 0 Å². The van der Waals surface area contributed by atoms with Crippen LogP contribution in [0.25, 0.3) is 0 Å². The largest absolute Gasteiger partial charge is 0.304 e. The summed E-state index contributed by atoms with van der Waals surface area (Å²) in [6, 6.07) is 9.48. The van der Waals surface area contributed by atoms with Crippen molar-refractivity contribution in [1.82, 2.24) is 0 Å². The van der Waals surface area contributed by atoms with E-state index in [0.717, 1.165) is 11.3 Å². The molecule has 0 nitrogen and oxygen atoms in total. The summed E-state index contributed by atoms with van der Waals surface area (Å²) >= 11 is 6.68. The summed E-state index contributed by atoms with van der Waals surface area (Å²) in [5.41, 5.74) is 5.39. The minimum atomic E-state index is -1.35. The normalized spacial score (nSPS) is 20.2. The van der Waals surface area contributed by atoms with Gasteiger partial charge in [0.1, 0.15) is 0 Å². The van der Waals surface area contributed by atoms with Crippen LogP contribution in [0.3, 0.4) is 0 Å². The molecular formula is C20H30ClPPd. The molecule has 3 heteroatoms. The van der Waals surface area contributed by atoms with Crippen molar-refractivity contribution >= 4 is 24.2 Å². The Morgan fingerprint density at radius 1 is 1.00 bits per heavy atom. The van der Waals surface area contributed by atoms with Gasteiger partial charge in [-0.2, -0.15) is 0 Å². The molecule has 1 aromatic carbocycles. The van der Waals surface area contributed by atoms with Crippen LogP contribution in [0.4, 0.5) is 0 Å². The van der Waals surface area contributed by atoms with Gasteiger partial charge in [-0.25, -0.2) is 0 Å². The smallest absolute Gasteiger partial charge is 0.0667 e. The minimum absolute atomic E-state index is 0. The molecule has 0 unspecified atom stereocenters. The van der Waals surface area contributed by atoms with Crippen LogP contribution in [0.5, 0.6) is 0 Å². The maximum Gasteiger partial charge on any atom is 0.0667 e. The van der Waals surface area contributed by atoms with E-state index in [4.69, 9.17) is 11.6 Å². The molecule has 0 amide bonds. The van der Waals surface area contributed by atoms with E-state index in [-0.39, 0.29) is 20.4 Å². The molecule has 0 saturated heterocycles. The summed E-state index contributed by atoms with van der Waals surface area (Å²) in [5.74, 6) is 0.601. The average molecular weight is 443 g/mol. The molecule has 2 saturated carbocycles. The molecule has 0 bridgehead atoms. The Labute approximate surface area is 162 Å². The van der Waals surface area contributed by atoms with Crippen LogP contribution in [0.15, 0.2) is 24.3 Å². The van der Waals surface area contributed by atoms with Gasteiger partial charge in [-0.05, 0) is 75.0 Å².